The number of esters is 1. The number of methoxy groups -OCH3 is 1. The number of nitrogens with one attached hydrogen (secondary N) is 2. The molecule has 0 spiro atoms. The van der Waals surface area contributed by atoms with Crippen LogP contribution >= 0.6 is 0 Å². The molecule has 0 heterocycles. The van der Waals surface area contributed by atoms with Crippen molar-refractivity contribution in [3.05, 3.63) is 83.1 Å². The number of nitrogens with zero attached hydrogens (tertiary/aromatic N) is 1. The van der Waals surface area contributed by atoms with Gasteiger partial charge in [0.05, 0.1) is 12.7 Å². The van der Waals surface area contributed by atoms with Crippen molar-refractivity contribution in [1.29, 1.82) is 5.26 Å². The fourth-order valence-electron chi connectivity index (χ4n) is 2.36. The molecule has 6 nitrogen and oxygen atoms in total. The molecular weight excluding hydrogens is 342 g/mol. The zero-order valence-electron chi connectivity index (χ0n) is 15.1. The first-order valence-electron chi connectivity index (χ1n) is 8.47. The van der Waals surface area contributed by atoms with E-state index in [4.69, 9.17) is 5.26 Å². The molecule has 0 aromatic heterocycles. The summed E-state index contributed by atoms with van der Waals surface area (Å²) in [6.07, 6.45) is 2.09. The van der Waals surface area contributed by atoms with Crippen molar-refractivity contribution in [2.45, 2.75) is 13.0 Å². The Morgan fingerprint density at radius 2 is 1.78 bits per heavy atom. The highest BCUT2D eigenvalue weighted by Crippen LogP contribution is 2.06. The van der Waals surface area contributed by atoms with Gasteiger partial charge in [0.2, 0.25) is 0 Å². The molecule has 0 aliphatic carbocycles. The van der Waals surface area contributed by atoms with Crippen LogP contribution in [0.4, 0.5) is 0 Å². The van der Waals surface area contributed by atoms with Gasteiger partial charge in [-0.2, -0.15) is 5.26 Å². The molecule has 0 atom stereocenters. The highest BCUT2D eigenvalue weighted by atomic mass is 16.5. The Kier molecular flexibility index (Phi) is 7.61. The Labute approximate surface area is 158 Å². The normalized spacial score (nSPS) is 10.6. The van der Waals surface area contributed by atoms with E-state index in [0.717, 1.165) is 11.1 Å². The molecule has 2 N–H and O–H groups in total. The van der Waals surface area contributed by atoms with Gasteiger partial charge in [-0.15, -0.1) is 0 Å². The Hall–Kier alpha value is -3.59. The van der Waals surface area contributed by atoms with Gasteiger partial charge >= 0.3 is 5.97 Å². The Bertz CT molecular complexity index is 837. The Balaban J connectivity index is 1.81. The van der Waals surface area contributed by atoms with E-state index in [1.165, 1.54) is 13.3 Å². The molecule has 2 aromatic rings. The fraction of sp³-hybridized carbons (Fsp3) is 0.190. The van der Waals surface area contributed by atoms with Gasteiger partial charge in [-0.05, 0) is 29.7 Å². The van der Waals surface area contributed by atoms with Crippen LogP contribution < -0.4 is 10.6 Å². The van der Waals surface area contributed by atoms with E-state index < -0.39 is 11.9 Å². The number of rotatable bonds is 8. The number of benzene rings is 2. The fourth-order valence-corrected chi connectivity index (χ4v) is 2.36. The van der Waals surface area contributed by atoms with Crippen LogP contribution in [0.25, 0.3) is 0 Å². The quantitative estimate of drug-likeness (QED) is 0.427. The lowest BCUT2D eigenvalue weighted by molar-refractivity contribution is -0.117. The number of ether oxygens (including phenoxy) is 1. The lowest BCUT2D eigenvalue weighted by Crippen LogP contribution is -2.27. The Morgan fingerprint density at radius 3 is 2.41 bits per heavy atom. The number of nitriles is 1. The first-order valence-corrected chi connectivity index (χ1v) is 8.47. The molecule has 0 fully saturated rings. The molecule has 0 unspecified atom stereocenters. The van der Waals surface area contributed by atoms with E-state index in [1.54, 1.807) is 24.3 Å². The summed E-state index contributed by atoms with van der Waals surface area (Å²) in [6.45, 7) is 0.876. The maximum absolute atomic E-state index is 12.1. The van der Waals surface area contributed by atoms with E-state index in [9.17, 15) is 9.59 Å². The molecule has 27 heavy (non-hydrogen) atoms. The predicted octanol–water partition coefficient (Wildman–Crippen LogP) is 2.33. The SMILES string of the molecule is COC(=O)c1ccc(CN/C=C(/C#N)C(=O)NCCc2ccccc2)cc1. The largest absolute Gasteiger partial charge is 0.465 e. The summed E-state index contributed by atoms with van der Waals surface area (Å²) in [4.78, 5) is 23.5. The number of carbonyl (C=O) groups is 2. The molecule has 0 bridgehead atoms. The molecule has 2 rings (SSSR count). The predicted molar refractivity (Wildman–Crippen MR) is 101 cm³/mol. The minimum Gasteiger partial charge on any atom is -0.465 e. The van der Waals surface area contributed by atoms with Crippen LogP contribution in [0.1, 0.15) is 21.5 Å². The third-order valence-electron chi connectivity index (χ3n) is 3.83. The number of hydrogen-bond donors (Lipinski definition) is 2. The van der Waals surface area contributed by atoms with Crippen molar-refractivity contribution in [3.63, 3.8) is 0 Å². The summed E-state index contributed by atoms with van der Waals surface area (Å²) >= 11 is 0. The maximum Gasteiger partial charge on any atom is 0.337 e. The zero-order valence-corrected chi connectivity index (χ0v) is 15.1. The second kappa shape index (κ2) is 10.4. The summed E-state index contributed by atoms with van der Waals surface area (Å²) in [7, 11) is 1.33. The number of amides is 1. The van der Waals surface area contributed by atoms with Gasteiger partial charge in [0, 0.05) is 19.3 Å². The summed E-state index contributed by atoms with van der Waals surface area (Å²) < 4.78 is 4.65. The van der Waals surface area contributed by atoms with Crippen molar-refractivity contribution in [3.8, 4) is 6.07 Å². The average molecular weight is 363 g/mol. The van der Waals surface area contributed by atoms with Gasteiger partial charge in [0.25, 0.3) is 5.91 Å². The van der Waals surface area contributed by atoms with Crippen molar-refractivity contribution < 1.29 is 14.3 Å². The van der Waals surface area contributed by atoms with Crippen LogP contribution in [0.2, 0.25) is 0 Å². The monoisotopic (exact) mass is 363 g/mol. The van der Waals surface area contributed by atoms with Gasteiger partial charge in [-0.3, -0.25) is 4.79 Å². The number of hydrogen-bond acceptors (Lipinski definition) is 5. The summed E-state index contributed by atoms with van der Waals surface area (Å²) in [6, 6.07) is 18.6. The highest BCUT2D eigenvalue weighted by Gasteiger charge is 2.08. The molecule has 0 aliphatic rings. The van der Waals surface area contributed by atoms with E-state index in [-0.39, 0.29) is 5.57 Å². The van der Waals surface area contributed by atoms with Gasteiger partial charge < -0.3 is 15.4 Å². The van der Waals surface area contributed by atoms with Gasteiger partial charge in [0.1, 0.15) is 11.6 Å². The average Bonchev–Trinajstić information content (AvgIpc) is 2.71. The minimum atomic E-state index is -0.415. The van der Waals surface area contributed by atoms with Gasteiger partial charge in [-0.1, -0.05) is 42.5 Å². The van der Waals surface area contributed by atoms with Crippen LogP contribution in [0.15, 0.2) is 66.4 Å². The third kappa shape index (κ3) is 6.33. The molecular formula is C21H21N3O3. The zero-order chi connectivity index (χ0) is 19.5. The highest BCUT2D eigenvalue weighted by molar-refractivity contribution is 5.97. The van der Waals surface area contributed by atoms with E-state index in [0.29, 0.717) is 25.1 Å². The molecule has 2 aromatic carbocycles. The van der Waals surface area contributed by atoms with Crippen molar-refractivity contribution in [2.24, 2.45) is 0 Å². The molecule has 0 aliphatic heterocycles. The second-order valence-electron chi connectivity index (χ2n) is 5.73. The first-order chi connectivity index (χ1) is 13.1. The summed E-state index contributed by atoms with van der Waals surface area (Å²) in [5.74, 6) is -0.810. The smallest absolute Gasteiger partial charge is 0.337 e. The second-order valence-corrected chi connectivity index (χ2v) is 5.73. The van der Waals surface area contributed by atoms with E-state index in [1.807, 2.05) is 36.4 Å². The van der Waals surface area contributed by atoms with Crippen molar-refractivity contribution in [2.75, 3.05) is 13.7 Å². The standard InChI is InChI=1S/C21H21N3O3/c1-27-21(26)18-9-7-17(8-10-18)14-23-15-19(13-22)20(25)24-12-11-16-5-3-2-4-6-16/h2-10,15,23H,11-12,14H2,1H3,(H,24,25)/b19-15-. The summed E-state index contributed by atoms with van der Waals surface area (Å²) in [5.41, 5.74) is 2.50. The van der Waals surface area contributed by atoms with Crippen LogP contribution in [-0.4, -0.2) is 25.5 Å². The first kappa shape index (κ1) is 19.7. The van der Waals surface area contributed by atoms with Crippen LogP contribution in [0.5, 0.6) is 0 Å². The molecule has 1 amide bonds. The van der Waals surface area contributed by atoms with Crippen LogP contribution in [-0.2, 0) is 22.5 Å². The number of carbonyl (C=O) groups excluding carboxylic acids is 2. The van der Waals surface area contributed by atoms with Crippen LogP contribution in [0.3, 0.4) is 0 Å². The molecule has 0 saturated carbocycles. The van der Waals surface area contributed by atoms with Gasteiger partial charge in [-0.25, -0.2) is 4.79 Å². The van der Waals surface area contributed by atoms with Gasteiger partial charge in [0.15, 0.2) is 0 Å². The maximum atomic E-state index is 12.1. The van der Waals surface area contributed by atoms with Crippen molar-refractivity contribution in [1.82, 2.24) is 10.6 Å². The third-order valence-corrected chi connectivity index (χ3v) is 3.83. The molecule has 0 radical (unpaired) electrons. The topological polar surface area (TPSA) is 91.2 Å². The minimum absolute atomic E-state index is 0.00856. The molecule has 138 valence electrons. The van der Waals surface area contributed by atoms with Crippen LogP contribution in [0, 0.1) is 11.3 Å². The van der Waals surface area contributed by atoms with E-state index >= 15 is 0 Å². The molecule has 0 saturated heterocycles. The van der Waals surface area contributed by atoms with E-state index in [2.05, 4.69) is 15.4 Å². The lowest BCUT2D eigenvalue weighted by atomic mass is 10.1. The Morgan fingerprint density at radius 1 is 1.07 bits per heavy atom. The van der Waals surface area contributed by atoms with Crippen molar-refractivity contribution >= 4 is 11.9 Å². The summed E-state index contributed by atoms with van der Waals surface area (Å²) in [5, 5.41) is 14.8. The molecule has 6 heteroatoms. The lowest BCUT2D eigenvalue weighted by Gasteiger charge is -2.06.